The van der Waals surface area contributed by atoms with Crippen LogP contribution in [0, 0.1) is 5.82 Å². The molecule has 0 bridgehead atoms. The number of piperidine rings is 1. The molecule has 6 rings (SSSR count). The van der Waals surface area contributed by atoms with Crippen molar-refractivity contribution in [2.75, 3.05) is 5.32 Å². The molecule has 0 spiro atoms. The van der Waals surface area contributed by atoms with E-state index in [2.05, 4.69) is 10.6 Å². The number of carbonyl (C=O) groups excluding carboxylic acids is 4. The molecular weight excluding hydrogens is 581 g/mol. The predicted molar refractivity (Wildman–Crippen MR) is 152 cm³/mol. The number of imide groups is 1. The van der Waals surface area contributed by atoms with Gasteiger partial charge in [0, 0.05) is 24.2 Å². The molecule has 1 atom stereocenters. The third-order valence-electron chi connectivity index (χ3n) is 7.65. The van der Waals surface area contributed by atoms with E-state index in [9.17, 15) is 23.6 Å². The standard InChI is InChI=1S/C31H27ClFN3O7/c32-23-14-19(33)6-12-25(23)42-22-9-7-20(8-10-22)34-31(40)41-16-18-5-4-17-15-36(24-11-13-26(37)35-29(24)38)30(39)27(17)28(18)43-21-2-1-3-21/h4-10,12,14,21,24H,1-3,11,13,15-16H2,(H,34,40)(H,35,37,38). The van der Waals surface area contributed by atoms with Crippen molar-refractivity contribution in [3.8, 4) is 17.2 Å². The van der Waals surface area contributed by atoms with Gasteiger partial charge in [-0.05, 0) is 73.7 Å². The van der Waals surface area contributed by atoms with Gasteiger partial charge in [0.1, 0.15) is 35.7 Å². The topological polar surface area (TPSA) is 123 Å². The first-order valence-corrected chi connectivity index (χ1v) is 14.3. The van der Waals surface area contributed by atoms with E-state index in [1.54, 1.807) is 36.4 Å². The molecule has 2 aliphatic heterocycles. The van der Waals surface area contributed by atoms with Gasteiger partial charge in [0.2, 0.25) is 11.8 Å². The van der Waals surface area contributed by atoms with E-state index < -0.39 is 23.9 Å². The molecule has 4 amide bonds. The monoisotopic (exact) mass is 607 g/mol. The summed E-state index contributed by atoms with van der Waals surface area (Å²) in [4.78, 5) is 51.8. The second kappa shape index (κ2) is 11.9. The summed E-state index contributed by atoms with van der Waals surface area (Å²) in [6, 6.07) is 13.0. The summed E-state index contributed by atoms with van der Waals surface area (Å²) in [6.07, 6.45) is 2.36. The molecule has 2 N–H and O–H groups in total. The van der Waals surface area contributed by atoms with Crippen molar-refractivity contribution in [3.63, 3.8) is 0 Å². The van der Waals surface area contributed by atoms with E-state index in [4.69, 9.17) is 25.8 Å². The van der Waals surface area contributed by atoms with Gasteiger partial charge in [0.25, 0.3) is 5.91 Å². The smallest absolute Gasteiger partial charge is 0.411 e. The summed E-state index contributed by atoms with van der Waals surface area (Å²) in [5.41, 5.74) is 2.04. The Morgan fingerprint density at radius 1 is 1.05 bits per heavy atom. The Kier molecular flexibility index (Phi) is 7.90. The number of amides is 4. The molecule has 1 saturated heterocycles. The lowest BCUT2D eigenvalue weighted by atomic mass is 9.95. The SMILES string of the molecule is O=C1CCC(N2Cc3ccc(COC(=O)Nc4ccc(Oc5ccc(F)cc5Cl)cc4)c(OC4CCC4)c3C2=O)C(=O)N1. The molecular formula is C31H27ClFN3O7. The summed E-state index contributed by atoms with van der Waals surface area (Å²) >= 11 is 6.01. The molecule has 0 aromatic heterocycles. The van der Waals surface area contributed by atoms with Crippen LogP contribution in [0.25, 0.3) is 0 Å². The third-order valence-corrected chi connectivity index (χ3v) is 7.94. The van der Waals surface area contributed by atoms with E-state index in [0.29, 0.717) is 33.9 Å². The molecule has 222 valence electrons. The number of halogens is 2. The zero-order valence-electron chi connectivity index (χ0n) is 22.9. The average Bonchev–Trinajstić information content (AvgIpc) is 3.28. The largest absolute Gasteiger partial charge is 0.489 e. The molecule has 2 heterocycles. The highest BCUT2D eigenvalue weighted by Crippen LogP contribution is 2.39. The van der Waals surface area contributed by atoms with Crippen molar-refractivity contribution < 1.29 is 37.8 Å². The first kappa shape index (κ1) is 28.5. The maximum atomic E-state index is 13.6. The van der Waals surface area contributed by atoms with E-state index in [1.807, 2.05) is 0 Å². The fourth-order valence-corrected chi connectivity index (χ4v) is 5.36. The Bertz CT molecular complexity index is 1610. The van der Waals surface area contributed by atoms with Gasteiger partial charge in [0.05, 0.1) is 16.7 Å². The highest BCUT2D eigenvalue weighted by Gasteiger charge is 2.41. The number of ether oxygens (including phenoxy) is 3. The Morgan fingerprint density at radius 2 is 1.84 bits per heavy atom. The van der Waals surface area contributed by atoms with Crippen LogP contribution >= 0.6 is 11.6 Å². The molecule has 0 radical (unpaired) electrons. The third kappa shape index (κ3) is 6.12. The minimum atomic E-state index is -0.746. The van der Waals surface area contributed by atoms with Crippen LogP contribution in [-0.2, 0) is 27.5 Å². The van der Waals surface area contributed by atoms with Crippen molar-refractivity contribution in [2.45, 2.75) is 57.4 Å². The maximum Gasteiger partial charge on any atom is 0.411 e. The summed E-state index contributed by atoms with van der Waals surface area (Å²) < 4.78 is 30.7. The van der Waals surface area contributed by atoms with Crippen LogP contribution in [0.2, 0.25) is 5.02 Å². The fourth-order valence-electron chi connectivity index (χ4n) is 5.16. The van der Waals surface area contributed by atoms with Crippen LogP contribution in [0.3, 0.4) is 0 Å². The number of hydrogen-bond acceptors (Lipinski definition) is 7. The van der Waals surface area contributed by atoms with Crippen LogP contribution in [-0.4, -0.2) is 40.9 Å². The Hall–Kier alpha value is -4.64. The maximum absolute atomic E-state index is 13.6. The minimum absolute atomic E-state index is 0.0537. The normalized spacial score (nSPS) is 18.0. The molecule has 43 heavy (non-hydrogen) atoms. The number of anilines is 1. The lowest BCUT2D eigenvalue weighted by molar-refractivity contribution is -0.136. The summed E-state index contributed by atoms with van der Waals surface area (Å²) in [7, 11) is 0. The Labute approximate surface area is 251 Å². The lowest BCUT2D eigenvalue weighted by Crippen LogP contribution is -2.52. The molecule has 3 aliphatic rings. The second-order valence-corrected chi connectivity index (χ2v) is 11.0. The van der Waals surface area contributed by atoms with Crippen molar-refractivity contribution >= 4 is 41.1 Å². The first-order valence-electron chi connectivity index (χ1n) is 13.9. The molecule has 1 aliphatic carbocycles. The van der Waals surface area contributed by atoms with Gasteiger partial charge in [-0.2, -0.15) is 0 Å². The predicted octanol–water partition coefficient (Wildman–Crippen LogP) is 5.71. The second-order valence-electron chi connectivity index (χ2n) is 10.6. The molecule has 3 aromatic rings. The molecule has 1 saturated carbocycles. The number of carbonyl (C=O) groups is 4. The average molecular weight is 608 g/mol. The van der Waals surface area contributed by atoms with Crippen LogP contribution in [0.15, 0.2) is 54.6 Å². The van der Waals surface area contributed by atoms with Crippen molar-refractivity contribution in [1.29, 1.82) is 0 Å². The Balaban J connectivity index is 1.12. The molecule has 1 unspecified atom stereocenters. The Morgan fingerprint density at radius 3 is 2.53 bits per heavy atom. The van der Waals surface area contributed by atoms with E-state index in [1.165, 1.54) is 17.0 Å². The van der Waals surface area contributed by atoms with Gasteiger partial charge in [-0.25, -0.2) is 9.18 Å². The molecule has 12 heteroatoms. The van der Waals surface area contributed by atoms with Crippen LogP contribution in [0.1, 0.15) is 53.6 Å². The summed E-state index contributed by atoms with van der Waals surface area (Å²) in [6.45, 7) is 0.0628. The van der Waals surface area contributed by atoms with E-state index in [-0.39, 0.29) is 54.7 Å². The summed E-state index contributed by atoms with van der Waals surface area (Å²) in [5, 5.41) is 5.08. The fraction of sp³-hybridized carbons (Fsp3) is 0.290. The quantitative estimate of drug-likeness (QED) is 0.314. The highest BCUT2D eigenvalue weighted by atomic mass is 35.5. The molecule has 3 aromatic carbocycles. The van der Waals surface area contributed by atoms with Gasteiger partial charge in [0.15, 0.2) is 0 Å². The van der Waals surface area contributed by atoms with Gasteiger partial charge < -0.3 is 19.1 Å². The van der Waals surface area contributed by atoms with Crippen LogP contribution in [0.5, 0.6) is 17.2 Å². The first-order chi connectivity index (χ1) is 20.7. The highest BCUT2D eigenvalue weighted by molar-refractivity contribution is 6.32. The van der Waals surface area contributed by atoms with Gasteiger partial charge >= 0.3 is 6.09 Å². The number of hydrogen-bond donors (Lipinski definition) is 2. The lowest BCUT2D eigenvalue weighted by Gasteiger charge is -2.30. The zero-order chi connectivity index (χ0) is 30.1. The number of fused-ring (bicyclic) bond motifs is 1. The van der Waals surface area contributed by atoms with E-state index in [0.717, 1.165) is 25.3 Å². The number of nitrogens with one attached hydrogen (secondary N) is 2. The van der Waals surface area contributed by atoms with Crippen LogP contribution in [0.4, 0.5) is 14.9 Å². The van der Waals surface area contributed by atoms with Crippen molar-refractivity contribution in [1.82, 2.24) is 10.2 Å². The van der Waals surface area contributed by atoms with Crippen molar-refractivity contribution in [3.05, 3.63) is 82.1 Å². The van der Waals surface area contributed by atoms with Gasteiger partial charge in [-0.3, -0.25) is 25.0 Å². The van der Waals surface area contributed by atoms with Gasteiger partial charge in [-0.1, -0.05) is 23.7 Å². The number of nitrogens with zero attached hydrogens (tertiary/aromatic N) is 1. The summed E-state index contributed by atoms with van der Waals surface area (Å²) in [5.74, 6) is -0.590. The molecule has 10 nitrogen and oxygen atoms in total. The van der Waals surface area contributed by atoms with Gasteiger partial charge in [-0.15, -0.1) is 0 Å². The van der Waals surface area contributed by atoms with E-state index >= 15 is 0 Å². The molecule has 2 fully saturated rings. The number of benzene rings is 3. The number of rotatable bonds is 8. The minimum Gasteiger partial charge on any atom is -0.489 e. The van der Waals surface area contributed by atoms with Crippen LogP contribution < -0.4 is 20.1 Å². The van der Waals surface area contributed by atoms with Crippen molar-refractivity contribution in [2.24, 2.45) is 0 Å². The zero-order valence-corrected chi connectivity index (χ0v) is 23.6.